The number of hydrogen-bond donors (Lipinski definition) is 0. The average molecular weight is 202 g/mol. The summed E-state index contributed by atoms with van der Waals surface area (Å²) < 4.78 is 0. The van der Waals surface area contributed by atoms with Crippen molar-refractivity contribution in [1.29, 1.82) is 0 Å². The summed E-state index contributed by atoms with van der Waals surface area (Å²) in [5.74, 6) is 1.15. The van der Waals surface area contributed by atoms with Gasteiger partial charge in [-0.25, -0.2) is 4.98 Å². The van der Waals surface area contributed by atoms with Crippen molar-refractivity contribution in [1.82, 2.24) is 9.97 Å². The summed E-state index contributed by atoms with van der Waals surface area (Å²) in [5.41, 5.74) is 3.58. The maximum atomic E-state index is 4.59. The lowest BCUT2D eigenvalue weighted by molar-refractivity contribution is 1.05. The molecule has 0 aromatic carbocycles. The van der Waals surface area contributed by atoms with E-state index in [0.717, 1.165) is 28.8 Å². The molecule has 14 heavy (non-hydrogen) atoms. The zero-order valence-corrected chi connectivity index (χ0v) is 8.77. The van der Waals surface area contributed by atoms with Crippen LogP contribution in [0.3, 0.4) is 0 Å². The van der Waals surface area contributed by atoms with Crippen LogP contribution in [0.1, 0.15) is 11.3 Å². The summed E-state index contributed by atoms with van der Waals surface area (Å²) in [7, 11) is 0. The van der Waals surface area contributed by atoms with Crippen LogP contribution in [-0.2, 0) is 6.42 Å². The topological polar surface area (TPSA) is 25.8 Å². The van der Waals surface area contributed by atoms with E-state index in [1.54, 1.807) is 0 Å². The Labute approximate surface area is 86.8 Å². The SMILES string of the molecule is Cc1ccc2cnc3c(c2n1)CCS3. The first-order chi connectivity index (χ1) is 6.84. The second-order valence-corrected chi connectivity index (χ2v) is 4.61. The van der Waals surface area contributed by atoms with Crippen LogP contribution in [-0.4, -0.2) is 15.7 Å². The fourth-order valence-electron chi connectivity index (χ4n) is 1.82. The lowest BCUT2D eigenvalue weighted by atomic mass is 10.1. The van der Waals surface area contributed by atoms with Gasteiger partial charge in [0.05, 0.1) is 5.52 Å². The van der Waals surface area contributed by atoms with Gasteiger partial charge < -0.3 is 0 Å². The Morgan fingerprint density at radius 3 is 3.21 bits per heavy atom. The second kappa shape index (κ2) is 2.95. The highest BCUT2D eigenvalue weighted by Gasteiger charge is 2.16. The molecule has 0 saturated heterocycles. The Bertz CT molecular complexity index is 508. The predicted molar refractivity (Wildman–Crippen MR) is 58.7 cm³/mol. The van der Waals surface area contributed by atoms with Crippen LogP contribution in [0.25, 0.3) is 10.9 Å². The minimum absolute atomic E-state index is 1.09. The van der Waals surface area contributed by atoms with E-state index in [1.165, 1.54) is 10.6 Å². The molecule has 0 bridgehead atoms. The van der Waals surface area contributed by atoms with E-state index in [9.17, 15) is 0 Å². The minimum Gasteiger partial charge on any atom is -0.253 e. The molecule has 0 unspecified atom stereocenters. The minimum atomic E-state index is 1.09. The summed E-state index contributed by atoms with van der Waals surface area (Å²) >= 11 is 1.84. The Morgan fingerprint density at radius 2 is 2.29 bits per heavy atom. The highest BCUT2D eigenvalue weighted by atomic mass is 32.2. The molecule has 1 aliphatic heterocycles. The maximum absolute atomic E-state index is 4.59. The second-order valence-electron chi connectivity index (χ2n) is 3.53. The zero-order chi connectivity index (χ0) is 9.54. The predicted octanol–water partition coefficient (Wildman–Crippen LogP) is 2.59. The molecule has 2 aromatic rings. The van der Waals surface area contributed by atoms with E-state index < -0.39 is 0 Å². The van der Waals surface area contributed by atoms with Crippen molar-refractivity contribution < 1.29 is 0 Å². The molecule has 0 N–H and O–H groups in total. The van der Waals surface area contributed by atoms with Crippen LogP contribution in [0.5, 0.6) is 0 Å². The monoisotopic (exact) mass is 202 g/mol. The van der Waals surface area contributed by atoms with Crippen LogP contribution in [0.15, 0.2) is 23.4 Å². The van der Waals surface area contributed by atoms with Gasteiger partial charge in [0.25, 0.3) is 0 Å². The first-order valence-electron chi connectivity index (χ1n) is 4.72. The number of aryl methyl sites for hydroxylation is 2. The highest BCUT2D eigenvalue weighted by Crippen LogP contribution is 2.33. The Kier molecular flexibility index (Phi) is 1.74. The van der Waals surface area contributed by atoms with Gasteiger partial charge in [0.2, 0.25) is 0 Å². The van der Waals surface area contributed by atoms with Crippen molar-refractivity contribution in [3.8, 4) is 0 Å². The van der Waals surface area contributed by atoms with Gasteiger partial charge in [0, 0.05) is 28.6 Å². The average Bonchev–Trinajstić information content (AvgIpc) is 2.65. The molecule has 0 spiro atoms. The van der Waals surface area contributed by atoms with Gasteiger partial charge in [-0.2, -0.15) is 0 Å². The van der Waals surface area contributed by atoms with Gasteiger partial charge in [0.15, 0.2) is 0 Å². The summed E-state index contributed by atoms with van der Waals surface area (Å²) in [4.78, 5) is 9.03. The van der Waals surface area contributed by atoms with Crippen LogP contribution in [0.2, 0.25) is 0 Å². The van der Waals surface area contributed by atoms with Gasteiger partial charge in [-0.1, -0.05) is 0 Å². The lowest BCUT2D eigenvalue weighted by Gasteiger charge is -2.03. The van der Waals surface area contributed by atoms with Crippen molar-refractivity contribution in [3.05, 3.63) is 29.6 Å². The Hall–Kier alpha value is -1.09. The molecular formula is C11H10N2S. The number of thioether (sulfide) groups is 1. The van der Waals surface area contributed by atoms with E-state index >= 15 is 0 Å². The van der Waals surface area contributed by atoms with Gasteiger partial charge >= 0.3 is 0 Å². The van der Waals surface area contributed by atoms with Crippen molar-refractivity contribution >= 4 is 22.7 Å². The van der Waals surface area contributed by atoms with Crippen molar-refractivity contribution in [2.45, 2.75) is 18.4 Å². The third-order valence-electron chi connectivity index (χ3n) is 2.52. The standard InChI is InChI=1S/C11H10N2S/c1-7-2-3-8-6-12-11-9(4-5-14-11)10(8)13-7/h2-3,6H,4-5H2,1H3. The fourth-order valence-corrected chi connectivity index (χ4v) is 2.82. The first kappa shape index (κ1) is 8.24. The number of rotatable bonds is 0. The van der Waals surface area contributed by atoms with E-state index in [0.29, 0.717) is 0 Å². The van der Waals surface area contributed by atoms with E-state index in [1.807, 2.05) is 30.9 Å². The fraction of sp³-hybridized carbons (Fsp3) is 0.273. The molecule has 2 nitrogen and oxygen atoms in total. The summed E-state index contributed by atoms with van der Waals surface area (Å²) in [5, 5.41) is 2.34. The molecule has 1 aliphatic rings. The summed E-state index contributed by atoms with van der Waals surface area (Å²) in [6.07, 6.45) is 3.04. The molecular weight excluding hydrogens is 192 g/mol. The van der Waals surface area contributed by atoms with E-state index in [2.05, 4.69) is 16.0 Å². The van der Waals surface area contributed by atoms with E-state index in [4.69, 9.17) is 0 Å². The van der Waals surface area contributed by atoms with Crippen molar-refractivity contribution in [2.75, 3.05) is 5.75 Å². The zero-order valence-electron chi connectivity index (χ0n) is 7.95. The summed E-state index contributed by atoms with van der Waals surface area (Å²) in [6.45, 7) is 2.04. The van der Waals surface area contributed by atoms with Crippen LogP contribution in [0.4, 0.5) is 0 Å². The Morgan fingerprint density at radius 1 is 1.36 bits per heavy atom. The van der Waals surface area contributed by atoms with Crippen LogP contribution >= 0.6 is 11.8 Å². The number of aromatic nitrogens is 2. The third-order valence-corrected chi connectivity index (χ3v) is 3.55. The molecule has 2 aromatic heterocycles. The van der Waals surface area contributed by atoms with Gasteiger partial charge in [0.1, 0.15) is 5.03 Å². The normalized spacial score (nSPS) is 14.6. The van der Waals surface area contributed by atoms with Gasteiger partial charge in [-0.15, -0.1) is 11.8 Å². The maximum Gasteiger partial charge on any atom is 0.101 e. The molecule has 0 radical (unpaired) electrons. The Balaban J connectivity index is 2.41. The molecule has 0 aliphatic carbocycles. The van der Waals surface area contributed by atoms with Crippen LogP contribution < -0.4 is 0 Å². The molecule has 3 heterocycles. The number of fused-ring (bicyclic) bond motifs is 3. The summed E-state index contributed by atoms with van der Waals surface area (Å²) in [6, 6.07) is 4.15. The van der Waals surface area contributed by atoms with E-state index in [-0.39, 0.29) is 0 Å². The number of nitrogens with zero attached hydrogens (tertiary/aromatic N) is 2. The van der Waals surface area contributed by atoms with Crippen molar-refractivity contribution in [3.63, 3.8) is 0 Å². The molecule has 0 amide bonds. The lowest BCUT2D eigenvalue weighted by Crippen LogP contribution is -1.91. The van der Waals surface area contributed by atoms with Gasteiger partial charge in [-0.05, 0) is 25.5 Å². The highest BCUT2D eigenvalue weighted by molar-refractivity contribution is 7.99. The molecule has 3 heteroatoms. The quantitative estimate of drug-likeness (QED) is 0.656. The molecule has 70 valence electrons. The number of hydrogen-bond acceptors (Lipinski definition) is 3. The van der Waals surface area contributed by atoms with Gasteiger partial charge in [-0.3, -0.25) is 4.98 Å². The molecule has 0 atom stereocenters. The molecule has 0 fully saturated rings. The van der Waals surface area contributed by atoms with Crippen LogP contribution in [0, 0.1) is 6.92 Å². The molecule has 3 rings (SSSR count). The number of pyridine rings is 2. The smallest absolute Gasteiger partial charge is 0.101 e. The third kappa shape index (κ3) is 1.12. The van der Waals surface area contributed by atoms with Crippen molar-refractivity contribution in [2.24, 2.45) is 0 Å². The largest absolute Gasteiger partial charge is 0.253 e. The molecule has 0 saturated carbocycles. The first-order valence-corrected chi connectivity index (χ1v) is 5.71.